The molecule has 1 aliphatic heterocycles. The number of hydrogen-bond donors (Lipinski definition) is 1. The third-order valence-corrected chi connectivity index (χ3v) is 5.37. The molecule has 1 heterocycles. The largest absolute Gasteiger partial charge is 0.370 e. The molecule has 2 aromatic rings. The third-order valence-electron chi connectivity index (χ3n) is 4.18. The van der Waals surface area contributed by atoms with E-state index in [1.807, 2.05) is 36.4 Å². The molecule has 26 heavy (non-hydrogen) atoms. The second kappa shape index (κ2) is 8.83. The fraction of sp³-hybridized carbons (Fsp3) is 0.263. The summed E-state index contributed by atoms with van der Waals surface area (Å²) in [6, 6.07) is 14.7. The lowest BCUT2D eigenvalue weighted by atomic mass is 10.1. The lowest BCUT2D eigenvalue weighted by Crippen LogP contribution is -2.46. The first-order valence-electron chi connectivity index (χ1n) is 8.22. The molecule has 0 aliphatic carbocycles. The highest BCUT2D eigenvalue weighted by Crippen LogP contribution is 2.23. The average molecular weight is 485 g/mol. The molecule has 7 heteroatoms. The smallest absolute Gasteiger partial charge is 0.252 e. The number of halogens is 2. The zero-order chi connectivity index (χ0) is 18.5. The van der Waals surface area contributed by atoms with Crippen LogP contribution in [0.5, 0.6) is 0 Å². The van der Waals surface area contributed by atoms with Crippen molar-refractivity contribution in [2.24, 2.45) is 0 Å². The standard InChI is InChI=1S/C19H18ClIN2O3/c20-14-7-5-13(6-8-14)17-12-23(9-10-26-17)18(24)11-22-19(25)15-3-1-2-4-16(15)21/h1-8,17H,9-12H2,(H,22,25). The molecule has 3 rings (SSSR count). The van der Waals surface area contributed by atoms with E-state index in [2.05, 4.69) is 27.9 Å². The number of benzene rings is 2. The van der Waals surface area contributed by atoms with Crippen molar-refractivity contribution in [1.29, 1.82) is 0 Å². The van der Waals surface area contributed by atoms with E-state index in [-0.39, 0.29) is 24.5 Å². The first-order valence-corrected chi connectivity index (χ1v) is 9.68. The van der Waals surface area contributed by atoms with Crippen molar-refractivity contribution in [2.45, 2.75) is 6.10 Å². The Morgan fingerprint density at radius 2 is 1.92 bits per heavy atom. The maximum Gasteiger partial charge on any atom is 0.252 e. The van der Waals surface area contributed by atoms with Crippen molar-refractivity contribution in [3.63, 3.8) is 0 Å². The van der Waals surface area contributed by atoms with E-state index in [0.29, 0.717) is 30.3 Å². The number of carbonyl (C=O) groups excluding carboxylic acids is 2. The van der Waals surface area contributed by atoms with E-state index in [4.69, 9.17) is 16.3 Å². The highest BCUT2D eigenvalue weighted by molar-refractivity contribution is 14.1. The third kappa shape index (κ3) is 4.75. The van der Waals surface area contributed by atoms with E-state index in [9.17, 15) is 9.59 Å². The molecule has 1 fully saturated rings. The monoisotopic (exact) mass is 484 g/mol. The van der Waals surface area contributed by atoms with Gasteiger partial charge in [0.1, 0.15) is 6.10 Å². The number of rotatable bonds is 4. The van der Waals surface area contributed by atoms with Crippen LogP contribution >= 0.6 is 34.2 Å². The van der Waals surface area contributed by atoms with Crippen molar-refractivity contribution in [1.82, 2.24) is 10.2 Å². The van der Waals surface area contributed by atoms with Crippen LogP contribution in [0, 0.1) is 3.57 Å². The Morgan fingerprint density at radius 3 is 2.65 bits per heavy atom. The summed E-state index contributed by atoms with van der Waals surface area (Å²) in [5.41, 5.74) is 1.55. The summed E-state index contributed by atoms with van der Waals surface area (Å²) >= 11 is 8.02. The molecule has 0 aromatic heterocycles. The predicted molar refractivity (Wildman–Crippen MR) is 108 cm³/mol. The van der Waals surface area contributed by atoms with Gasteiger partial charge in [0, 0.05) is 15.1 Å². The van der Waals surface area contributed by atoms with Gasteiger partial charge in [-0.2, -0.15) is 0 Å². The molecule has 1 aliphatic rings. The minimum absolute atomic E-state index is 0.0306. The number of hydrogen-bond acceptors (Lipinski definition) is 3. The van der Waals surface area contributed by atoms with Gasteiger partial charge in [0.15, 0.2) is 0 Å². The minimum atomic E-state index is -0.245. The highest BCUT2D eigenvalue weighted by atomic mass is 127. The molecule has 0 spiro atoms. The molecule has 1 saturated heterocycles. The molecule has 0 bridgehead atoms. The second-order valence-electron chi connectivity index (χ2n) is 5.91. The van der Waals surface area contributed by atoms with Crippen LogP contribution in [0.25, 0.3) is 0 Å². The lowest BCUT2D eigenvalue weighted by molar-refractivity contribution is -0.137. The first-order chi connectivity index (χ1) is 12.5. The maximum absolute atomic E-state index is 12.5. The van der Waals surface area contributed by atoms with Gasteiger partial charge in [0.05, 0.1) is 25.3 Å². The fourth-order valence-corrected chi connectivity index (χ4v) is 3.52. The summed E-state index contributed by atoms with van der Waals surface area (Å²) in [5.74, 6) is -0.364. The van der Waals surface area contributed by atoms with Crippen LogP contribution in [0.15, 0.2) is 48.5 Å². The van der Waals surface area contributed by atoms with Crippen LogP contribution in [-0.4, -0.2) is 43.0 Å². The SMILES string of the molecule is O=C(NCC(=O)N1CCOC(c2ccc(Cl)cc2)C1)c1ccccc1I. The van der Waals surface area contributed by atoms with Gasteiger partial charge < -0.3 is 15.0 Å². The highest BCUT2D eigenvalue weighted by Gasteiger charge is 2.25. The van der Waals surface area contributed by atoms with E-state index < -0.39 is 0 Å². The van der Waals surface area contributed by atoms with Crippen LogP contribution < -0.4 is 5.32 Å². The first kappa shape index (κ1) is 19.1. The van der Waals surface area contributed by atoms with Gasteiger partial charge in [-0.05, 0) is 52.4 Å². The zero-order valence-electron chi connectivity index (χ0n) is 14.0. The Morgan fingerprint density at radius 1 is 1.19 bits per heavy atom. The van der Waals surface area contributed by atoms with Gasteiger partial charge in [-0.15, -0.1) is 0 Å². The summed E-state index contributed by atoms with van der Waals surface area (Å²) < 4.78 is 6.62. The molecule has 1 atom stereocenters. The number of ether oxygens (including phenoxy) is 1. The van der Waals surface area contributed by atoms with E-state index >= 15 is 0 Å². The maximum atomic E-state index is 12.5. The van der Waals surface area contributed by atoms with Gasteiger partial charge in [-0.25, -0.2) is 0 Å². The number of morpholine rings is 1. The molecule has 0 saturated carbocycles. The minimum Gasteiger partial charge on any atom is -0.370 e. The van der Waals surface area contributed by atoms with Gasteiger partial charge >= 0.3 is 0 Å². The van der Waals surface area contributed by atoms with Crippen molar-refractivity contribution < 1.29 is 14.3 Å². The molecule has 1 unspecified atom stereocenters. The normalized spacial score (nSPS) is 17.0. The molecule has 5 nitrogen and oxygen atoms in total. The van der Waals surface area contributed by atoms with Crippen molar-refractivity contribution in [3.05, 3.63) is 68.3 Å². The Bertz CT molecular complexity index is 798. The Kier molecular flexibility index (Phi) is 6.50. The van der Waals surface area contributed by atoms with Crippen LogP contribution in [0.1, 0.15) is 22.0 Å². The van der Waals surface area contributed by atoms with E-state index in [0.717, 1.165) is 9.13 Å². The quantitative estimate of drug-likeness (QED) is 0.678. The summed E-state index contributed by atoms with van der Waals surface area (Å²) in [5, 5.41) is 3.37. The lowest BCUT2D eigenvalue weighted by Gasteiger charge is -2.33. The molecule has 1 N–H and O–H groups in total. The van der Waals surface area contributed by atoms with Crippen molar-refractivity contribution in [2.75, 3.05) is 26.2 Å². The number of amides is 2. The summed E-state index contributed by atoms with van der Waals surface area (Å²) in [6.07, 6.45) is -0.185. The van der Waals surface area contributed by atoms with Gasteiger partial charge in [0.25, 0.3) is 5.91 Å². The number of nitrogens with zero attached hydrogens (tertiary/aromatic N) is 1. The fourth-order valence-electron chi connectivity index (χ4n) is 2.76. The average Bonchev–Trinajstić information content (AvgIpc) is 2.67. The Hall–Kier alpha value is -1.64. The molecule has 2 amide bonds. The number of carbonyl (C=O) groups is 2. The number of nitrogens with one attached hydrogen (secondary N) is 1. The van der Waals surface area contributed by atoms with E-state index in [1.54, 1.807) is 17.0 Å². The molecule has 0 radical (unpaired) electrons. The van der Waals surface area contributed by atoms with Crippen LogP contribution in [0.3, 0.4) is 0 Å². The zero-order valence-corrected chi connectivity index (χ0v) is 16.9. The van der Waals surface area contributed by atoms with Gasteiger partial charge in [-0.1, -0.05) is 35.9 Å². The summed E-state index contributed by atoms with van der Waals surface area (Å²) in [6.45, 7) is 1.40. The van der Waals surface area contributed by atoms with Crippen molar-refractivity contribution >= 4 is 46.0 Å². The summed E-state index contributed by atoms with van der Waals surface area (Å²) in [4.78, 5) is 26.5. The van der Waals surface area contributed by atoms with Crippen LogP contribution in [0.4, 0.5) is 0 Å². The topological polar surface area (TPSA) is 58.6 Å². The molecule has 136 valence electrons. The predicted octanol–water partition coefficient (Wildman–Crippen LogP) is 3.27. The Labute approximate surface area is 170 Å². The molecular formula is C19H18ClIN2O3. The second-order valence-corrected chi connectivity index (χ2v) is 7.51. The van der Waals surface area contributed by atoms with Crippen molar-refractivity contribution in [3.8, 4) is 0 Å². The molecular weight excluding hydrogens is 467 g/mol. The Balaban J connectivity index is 1.57. The van der Waals surface area contributed by atoms with Gasteiger partial charge in [0.2, 0.25) is 5.91 Å². The van der Waals surface area contributed by atoms with E-state index in [1.165, 1.54) is 0 Å². The van der Waals surface area contributed by atoms with Crippen LogP contribution in [-0.2, 0) is 9.53 Å². The van der Waals surface area contributed by atoms with Gasteiger partial charge in [-0.3, -0.25) is 9.59 Å². The molecule has 2 aromatic carbocycles. The van der Waals surface area contributed by atoms with Crippen LogP contribution in [0.2, 0.25) is 5.02 Å². The summed E-state index contributed by atoms with van der Waals surface area (Å²) in [7, 11) is 0.